The van der Waals surface area contributed by atoms with Gasteiger partial charge in [0, 0.05) is 19.3 Å². The highest BCUT2D eigenvalue weighted by atomic mass is 15.3. The molecule has 0 spiro atoms. The van der Waals surface area contributed by atoms with E-state index in [1.54, 1.807) is 0 Å². The van der Waals surface area contributed by atoms with E-state index in [1.807, 2.05) is 29.1 Å². The van der Waals surface area contributed by atoms with Crippen LogP contribution in [0.4, 0.5) is 0 Å². The Hall–Kier alpha value is -1.87. The molecule has 18 heavy (non-hydrogen) atoms. The molecule has 2 aromatic rings. The molecule has 0 saturated carbocycles. The summed E-state index contributed by atoms with van der Waals surface area (Å²) >= 11 is 0. The van der Waals surface area contributed by atoms with Crippen molar-refractivity contribution < 1.29 is 0 Å². The monoisotopic (exact) mass is 241 g/mol. The van der Waals surface area contributed by atoms with Gasteiger partial charge in [-0.2, -0.15) is 5.10 Å². The van der Waals surface area contributed by atoms with Crippen molar-refractivity contribution in [3.63, 3.8) is 0 Å². The van der Waals surface area contributed by atoms with Gasteiger partial charge >= 0.3 is 0 Å². The Labute approximate surface area is 108 Å². The van der Waals surface area contributed by atoms with Crippen molar-refractivity contribution in [1.29, 1.82) is 0 Å². The summed E-state index contributed by atoms with van der Waals surface area (Å²) in [6.45, 7) is 4.78. The lowest BCUT2D eigenvalue weighted by molar-refractivity contribution is 0.573. The molecule has 3 heteroatoms. The molecule has 1 aromatic carbocycles. The van der Waals surface area contributed by atoms with E-state index >= 15 is 0 Å². The second-order valence-electron chi connectivity index (χ2n) is 4.30. The average molecular weight is 241 g/mol. The van der Waals surface area contributed by atoms with Gasteiger partial charge in [-0.3, -0.25) is 4.68 Å². The maximum absolute atomic E-state index is 4.24. The van der Waals surface area contributed by atoms with Crippen molar-refractivity contribution in [3.8, 4) is 0 Å². The highest BCUT2D eigenvalue weighted by Gasteiger charge is 1.92. The first-order valence-electron chi connectivity index (χ1n) is 6.26. The van der Waals surface area contributed by atoms with Crippen molar-refractivity contribution >= 4 is 6.08 Å². The zero-order valence-electron chi connectivity index (χ0n) is 10.7. The third kappa shape index (κ3) is 4.18. The number of aryl methyl sites for hydroxylation is 1. The Bertz CT molecular complexity index is 485. The van der Waals surface area contributed by atoms with Gasteiger partial charge in [0.25, 0.3) is 0 Å². The van der Waals surface area contributed by atoms with E-state index < -0.39 is 0 Å². The Kier molecular flexibility index (Phi) is 4.73. The summed E-state index contributed by atoms with van der Waals surface area (Å²) in [4.78, 5) is 0. The van der Waals surface area contributed by atoms with E-state index in [-0.39, 0.29) is 0 Å². The van der Waals surface area contributed by atoms with Gasteiger partial charge in [-0.15, -0.1) is 0 Å². The second kappa shape index (κ2) is 6.77. The summed E-state index contributed by atoms with van der Waals surface area (Å²) in [5.74, 6) is 0. The zero-order chi connectivity index (χ0) is 12.6. The third-order valence-electron chi connectivity index (χ3n) is 2.65. The molecule has 0 aliphatic rings. The SMILES string of the molecule is Cc1cnn(CCNC/C=C\c2ccccc2)c1. The van der Waals surface area contributed by atoms with E-state index in [0.717, 1.165) is 19.6 Å². The molecule has 0 fully saturated rings. The molecule has 1 N–H and O–H groups in total. The van der Waals surface area contributed by atoms with Gasteiger partial charge in [0.05, 0.1) is 12.7 Å². The minimum Gasteiger partial charge on any atom is -0.311 e. The first kappa shape index (κ1) is 12.6. The molecule has 1 aromatic heterocycles. The van der Waals surface area contributed by atoms with Crippen molar-refractivity contribution in [1.82, 2.24) is 15.1 Å². The van der Waals surface area contributed by atoms with Crippen LogP contribution in [0.5, 0.6) is 0 Å². The zero-order valence-corrected chi connectivity index (χ0v) is 10.7. The molecule has 0 saturated heterocycles. The first-order valence-corrected chi connectivity index (χ1v) is 6.26. The highest BCUT2D eigenvalue weighted by molar-refractivity contribution is 5.48. The van der Waals surface area contributed by atoms with Gasteiger partial charge in [0.2, 0.25) is 0 Å². The summed E-state index contributed by atoms with van der Waals surface area (Å²) in [6, 6.07) is 10.3. The molecule has 0 radical (unpaired) electrons. The van der Waals surface area contributed by atoms with Gasteiger partial charge in [0.15, 0.2) is 0 Å². The van der Waals surface area contributed by atoms with Gasteiger partial charge < -0.3 is 5.32 Å². The Morgan fingerprint density at radius 3 is 2.83 bits per heavy atom. The van der Waals surface area contributed by atoms with E-state index in [9.17, 15) is 0 Å². The number of nitrogens with zero attached hydrogens (tertiary/aromatic N) is 2. The standard InChI is InChI=1S/C15H19N3/c1-14-12-17-18(13-14)11-10-16-9-5-8-15-6-3-2-4-7-15/h2-8,12-13,16H,9-11H2,1H3/b8-5-. The quantitative estimate of drug-likeness (QED) is 0.787. The molecule has 2 rings (SSSR count). The highest BCUT2D eigenvalue weighted by Crippen LogP contribution is 1.99. The molecule has 0 bridgehead atoms. The molecule has 94 valence electrons. The number of hydrogen-bond donors (Lipinski definition) is 1. The van der Waals surface area contributed by atoms with Crippen LogP contribution in [-0.4, -0.2) is 22.9 Å². The van der Waals surface area contributed by atoms with Gasteiger partial charge in [-0.05, 0) is 18.1 Å². The number of hydrogen-bond acceptors (Lipinski definition) is 2. The fourth-order valence-electron chi connectivity index (χ4n) is 1.73. The van der Waals surface area contributed by atoms with Crippen molar-refractivity contribution in [2.75, 3.05) is 13.1 Å². The van der Waals surface area contributed by atoms with Crippen LogP contribution in [0.3, 0.4) is 0 Å². The predicted octanol–water partition coefficient (Wildman–Crippen LogP) is 2.49. The maximum Gasteiger partial charge on any atom is 0.0534 e. The molecular weight excluding hydrogens is 222 g/mol. The Balaban J connectivity index is 1.63. The summed E-state index contributed by atoms with van der Waals surface area (Å²) in [5, 5.41) is 7.61. The van der Waals surface area contributed by atoms with Crippen molar-refractivity contribution in [2.45, 2.75) is 13.5 Å². The fraction of sp³-hybridized carbons (Fsp3) is 0.267. The Morgan fingerprint density at radius 2 is 2.11 bits per heavy atom. The topological polar surface area (TPSA) is 29.9 Å². The lowest BCUT2D eigenvalue weighted by Gasteiger charge is -2.01. The minimum atomic E-state index is 0.884. The van der Waals surface area contributed by atoms with E-state index in [1.165, 1.54) is 11.1 Å². The maximum atomic E-state index is 4.24. The van der Waals surface area contributed by atoms with Gasteiger partial charge in [-0.1, -0.05) is 42.5 Å². The molecule has 1 heterocycles. The number of benzene rings is 1. The molecule has 3 nitrogen and oxygen atoms in total. The van der Waals surface area contributed by atoms with Crippen molar-refractivity contribution in [2.24, 2.45) is 0 Å². The third-order valence-corrected chi connectivity index (χ3v) is 2.65. The van der Waals surface area contributed by atoms with Crippen LogP contribution >= 0.6 is 0 Å². The number of nitrogens with one attached hydrogen (secondary N) is 1. The van der Waals surface area contributed by atoms with E-state index in [4.69, 9.17) is 0 Å². The first-order chi connectivity index (χ1) is 8.84. The van der Waals surface area contributed by atoms with E-state index in [2.05, 4.69) is 47.8 Å². The minimum absolute atomic E-state index is 0.884. The molecule has 0 aliphatic carbocycles. The molecule has 0 aliphatic heterocycles. The lowest BCUT2D eigenvalue weighted by Crippen LogP contribution is -2.20. The molecule has 0 atom stereocenters. The number of rotatable bonds is 6. The number of aromatic nitrogens is 2. The molecule has 0 unspecified atom stereocenters. The normalized spacial score (nSPS) is 11.2. The van der Waals surface area contributed by atoms with Gasteiger partial charge in [-0.25, -0.2) is 0 Å². The largest absolute Gasteiger partial charge is 0.311 e. The van der Waals surface area contributed by atoms with Crippen molar-refractivity contribution in [3.05, 3.63) is 59.9 Å². The predicted molar refractivity (Wildman–Crippen MR) is 75.3 cm³/mol. The summed E-state index contributed by atoms with van der Waals surface area (Å²) in [7, 11) is 0. The van der Waals surface area contributed by atoms with E-state index in [0.29, 0.717) is 0 Å². The summed E-state index contributed by atoms with van der Waals surface area (Å²) in [6.07, 6.45) is 8.21. The van der Waals surface area contributed by atoms with Crippen LogP contribution in [0.2, 0.25) is 0 Å². The smallest absolute Gasteiger partial charge is 0.0534 e. The van der Waals surface area contributed by atoms with Crippen LogP contribution in [0.25, 0.3) is 6.08 Å². The average Bonchev–Trinajstić information content (AvgIpc) is 2.81. The van der Waals surface area contributed by atoms with Crippen LogP contribution in [0.1, 0.15) is 11.1 Å². The van der Waals surface area contributed by atoms with Crippen LogP contribution in [0, 0.1) is 6.92 Å². The lowest BCUT2D eigenvalue weighted by atomic mass is 10.2. The summed E-state index contributed by atoms with van der Waals surface area (Å²) < 4.78 is 1.96. The fourth-order valence-corrected chi connectivity index (χ4v) is 1.73. The summed E-state index contributed by atoms with van der Waals surface area (Å²) in [5.41, 5.74) is 2.45. The molecular formula is C15H19N3. The van der Waals surface area contributed by atoms with Crippen LogP contribution in [0.15, 0.2) is 48.8 Å². The van der Waals surface area contributed by atoms with Crippen LogP contribution in [-0.2, 0) is 6.54 Å². The molecule has 0 amide bonds. The van der Waals surface area contributed by atoms with Gasteiger partial charge in [0.1, 0.15) is 0 Å². The van der Waals surface area contributed by atoms with Crippen LogP contribution < -0.4 is 5.32 Å². The second-order valence-corrected chi connectivity index (χ2v) is 4.30. The Morgan fingerprint density at radius 1 is 1.28 bits per heavy atom.